The van der Waals surface area contributed by atoms with E-state index < -0.39 is 15.6 Å². The van der Waals surface area contributed by atoms with Gasteiger partial charge in [0, 0.05) is 18.5 Å². The molecule has 0 spiro atoms. The molecule has 3 aromatic carbocycles. The van der Waals surface area contributed by atoms with E-state index in [4.69, 9.17) is 0 Å². The molecule has 1 aliphatic heterocycles. The molecular weight excluding hydrogens is 506 g/mol. The molecule has 3 aromatic rings. The lowest BCUT2D eigenvalue weighted by Gasteiger charge is -2.53. The maximum absolute atomic E-state index is 13.4. The summed E-state index contributed by atoms with van der Waals surface area (Å²) in [5, 5.41) is 22.4. The molecule has 2 fully saturated rings. The fourth-order valence-corrected chi connectivity index (χ4v) is 10.1. The van der Waals surface area contributed by atoms with Crippen LogP contribution < -0.4 is 0 Å². The summed E-state index contributed by atoms with van der Waals surface area (Å²) in [6.45, 7) is 4.95. The van der Waals surface area contributed by atoms with Gasteiger partial charge in [0.05, 0.1) is 10.5 Å². The van der Waals surface area contributed by atoms with Crippen LogP contribution in [0.4, 0.5) is 0 Å². The predicted molar refractivity (Wildman–Crippen MR) is 151 cm³/mol. The zero-order valence-electron chi connectivity index (χ0n) is 22.7. The van der Waals surface area contributed by atoms with Gasteiger partial charge in [-0.25, -0.2) is 8.42 Å². The van der Waals surface area contributed by atoms with Crippen LogP contribution in [0, 0.1) is 24.2 Å². The summed E-state index contributed by atoms with van der Waals surface area (Å²) in [6.07, 6.45) is 5.84. The topological polar surface area (TPSA) is 77.8 Å². The minimum atomic E-state index is -3.59. The predicted octanol–water partition coefficient (Wildman–Crippen LogP) is 6.15. The van der Waals surface area contributed by atoms with Gasteiger partial charge in [0.1, 0.15) is 5.75 Å². The van der Waals surface area contributed by atoms with Gasteiger partial charge in [-0.05, 0) is 115 Å². The molecule has 6 heteroatoms. The van der Waals surface area contributed by atoms with Crippen molar-refractivity contribution in [1.29, 1.82) is 0 Å². The quantitative estimate of drug-likeness (QED) is 0.415. The number of hydrogen-bond donors (Lipinski definition) is 2. The number of fused-ring (bicyclic) bond motifs is 6. The maximum atomic E-state index is 13.4. The highest BCUT2D eigenvalue weighted by molar-refractivity contribution is 7.89. The van der Waals surface area contributed by atoms with Crippen molar-refractivity contribution in [2.24, 2.45) is 17.3 Å². The Bertz CT molecular complexity index is 1570. The van der Waals surface area contributed by atoms with Crippen molar-refractivity contribution in [1.82, 2.24) is 4.31 Å². The smallest absolute Gasteiger partial charge is 0.243 e. The van der Waals surface area contributed by atoms with Gasteiger partial charge < -0.3 is 10.2 Å². The first kappa shape index (κ1) is 25.3. The number of sulfonamides is 1. The van der Waals surface area contributed by atoms with E-state index in [0.29, 0.717) is 41.5 Å². The molecule has 0 saturated heterocycles. The largest absolute Gasteiger partial charge is 0.508 e. The SMILES string of the molecule is Cc1ccc(S(=O)(=O)N2Cc3ccc([C@]4(O)CC[C@H]5[C@@H]6CCc7cc(O)ccc7[C@H]6CC[C@@]54C)cc3C2)cc1. The molecule has 1 heterocycles. The third kappa shape index (κ3) is 3.68. The van der Waals surface area contributed by atoms with Crippen molar-refractivity contribution in [2.75, 3.05) is 0 Å². The van der Waals surface area contributed by atoms with E-state index >= 15 is 0 Å². The van der Waals surface area contributed by atoms with Crippen LogP contribution in [0.1, 0.15) is 78.3 Å². The number of benzene rings is 3. The number of phenols is 1. The number of aliphatic hydroxyl groups is 1. The van der Waals surface area contributed by atoms with Crippen LogP contribution in [0.3, 0.4) is 0 Å². The first-order valence-corrected chi connectivity index (χ1v) is 15.8. The monoisotopic (exact) mass is 543 g/mol. The lowest BCUT2D eigenvalue weighted by atomic mass is 9.52. The lowest BCUT2D eigenvalue weighted by molar-refractivity contribution is -0.108. The van der Waals surface area contributed by atoms with Gasteiger partial charge in [-0.1, -0.05) is 48.9 Å². The first-order valence-electron chi connectivity index (χ1n) is 14.3. The molecule has 204 valence electrons. The average Bonchev–Trinajstić information content (AvgIpc) is 3.48. The minimum Gasteiger partial charge on any atom is -0.508 e. The van der Waals surface area contributed by atoms with Crippen LogP contribution in [0.2, 0.25) is 0 Å². The second kappa shape index (κ2) is 8.66. The van der Waals surface area contributed by atoms with Crippen molar-refractivity contribution >= 4 is 10.0 Å². The molecule has 0 bridgehead atoms. The average molecular weight is 544 g/mol. The third-order valence-electron chi connectivity index (χ3n) is 10.9. The molecule has 5 nitrogen and oxygen atoms in total. The number of hydrogen-bond acceptors (Lipinski definition) is 4. The summed E-state index contributed by atoms with van der Waals surface area (Å²) in [4.78, 5) is 0.326. The first-order chi connectivity index (χ1) is 18.6. The van der Waals surface area contributed by atoms with Crippen molar-refractivity contribution in [3.05, 3.63) is 94.0 Å². The summed E-state index contributed by atoms with van der Waals surface area (Å²) in [5.41, 5.74) is 5.55. The van der Waals surface area contributed by atoms with E-state index in [1.54, 1.807) is 16.4 Å². The Labute approximate surface area is 231 Å². The Morgan fingerprint density at radius 3 is 2.44 bits per heavy atom. The minimum absolute atomic E-state index is 0.219. The van der Waals surface area contributed by atoms with E-state index in [1.165, 1.54) is 11.1 Å². The molecule has 3 aliphatic carbocycles. The van der Waals surface area contributed by atoms with Crippen molar-refractivity contribution < 1.29 is 18.6 Å². The fraction of sp³-hybridized carbons (Fsp3) is 0.455. The third-order valence-corrected chi connectivity index (χ3v) is 12.7. The molecule has 2 N–H and O–H groups in total. The van der Waals surface area contributed by atoms with Crippen LogP contribution in [0.5, 0.6) is 5.75 Å². The molecule has 0 amide bonds. The molecule has 39 heavy (non-hydrogen) atoms. The van der Waals surface area contributed by atoms with Crippen LogP contribution in [-0.4, -0.2) is 22.9 Å². The van der Waals surface area contributed by atoms with Crippen LogP contribution in [0.15, 0.2) is 65.6 Å². The lowest BCUT2D eigenvalue weighted by Crippen LogP contribution is -2.49. The van der Waals surface area contributed by atoms with E-state index in [0.717, 1.165) is 60.8 Å². The summed E-state index contributed by atoms with van der Waals surface area (Å²) in [5.74, 6) is 1.83. The zero-order valence-corrected chi connectivity index (χ0v) is 23.5. The summed E-state index contributed by atoms with van der Waals surface area (Å²) < 4.78 is 28.3. The number of aromatic hydroxyl groups is 1. The molecule has 7 rings (SSSR count). The van der Waals surface area contributed by atoms with E-state index in [-0.39, 0.29) is 5.41 Å². The van der Waals surface area contributed by atoms with Crippen molar-refractivity contribution in [3.8, 4) is 5.75 Å². The highest BCUT2D eigenvalue weighted by Crippen LogP contribution is 2.67. The molecule has 2 saturated carbocycles. The van der Waals surface area contributed by atoms with Gasteiger partial charge in [0.25, 0.3) is 0 Å². The number of phenolic OH excluding ortho intramolecular Hbond substituents is 1. The van der Waals surface area contributed by atoms with Gasteiger partial charge >= 0.3 is 0 Å². The van der Waals surface area contributed by atoms with Crippen LogP contribution >= 0.6 is 0 Å². The van der Waals surface area contributed by atoms with E-state index in [2.05, 4.69) is 25.1 Å². The number of aryl methyl sites for hydroxylation is 2. The van der Waals surface area contributed by atoms with Gasteiger partial charge in [-0.3, -0.25) is 0 Å². The maximum Gasteiger partial charge on any atom is 0.243 e. The van der Waals surface area contributed by atoms with E-state index in [9.17, 15) is 18.6 Å². The van der Waals surface area contributed by atoms with Gasteiger partial charge in [0.15, 0.2) is 0 Å². The van der Waals surface area contributed by atoms with E-state index in [1.807, 2.05) is 37.3 Å². The number of nitrogens with zero attached hydrogens (tertiary/aromatic N) is 1. The Kier molecular flexibility index (Phi) is 5.62. The molecule has 4 aliphatic rings. The van der Waals surface area contributed by atoms with Crippen molar-refractivity contribution in [3.63, 3.8) is 0 Å². The number of rotatable bonds is 3. The molecule has 0 radical (unpaired) electrons. The van der Waals surface area contributed by atoms with Crippen LogP contribution in [-0.2, 0) is 35.1 Å². The Morgan fingerprint density at radius 2 is 1.64 bits per heavy atom. The van der Waals surface area contributed by atoms with Gasteiger partial charge in [-0.15, -0.1) is 0 Å². The highest BCUT2D eigenvalue weighted by Gasteiger charge is 2.62. The second-order valence-electron chi connectivity index (χ2n) is 12.7. The molecular formula is C33H37NO4S. The van der Waals surface area contributed by atoms with Crippen LogP contribution in [0.25, 0.3) is 0 Å². The standard InChI is InChI=1S/C33H37NO4S/c1-21-3-9-27(10-4-21)39(37,38)34-19-23-5-7-25(17-24(23)20-34)33(36)16-14-31-30-11-6-22-18-26(35)8-12-28(22)29(30)13-15-32(31,33)2/h3-5,7-10,12,17-18,29-31,35-36H,6,11,13-16,19-20H2,1-2H3/t29-,30-,31+,32+,33-/m1/s1. The Hall–Kier alpha value is -2.67. The Balaban J connectivity index is 1.16. The molecule has 0 aromatic heterocycles. The summed E-state index contributed by atoms with van der Waals surface area (Å²) in [6, 6.07) is 19.1. The molecule has 5 atom stereocenters. The molecule has 0 unspecified atom stereocenters. The van der Waals surface area contributed by atoms with Gasteiger partial charge in [-0.2, -0.15) is 4.31 Å². The highest BCUT2D eigenvalue weighted by atomic mass is 32.2. The normalized spacial score (nSPS) is 31.8. The van der Waals surface area contributed by atoms with Gasteiger partial charge in [0.2, 0.25) is 10.0 Å². The summed E-state index contributed by atoms with van der Waals surface area (Å²) in [7, 11) is -3.59. The summed E-state index contributed by atoms with van der Waals surface area (Å²) >= 11 is 0. The second-order valence-corrected chi connectivity index (χ2v) is 14.7. The van der Waals surface area contributed by atoms with Crippen molar-refractivity contribution in [2.45, 2.75) is 81.9 Å². The Morgan fingerprint density at radius 1 is 0.872 bits per heavy atom. The zero-order chi connectivity index (χ0) is 27.2. The fourth-order valence-electron chi connectivity index (χ4n) is 8.71.